The van der Waals surface area contributed by atoms with Crippen molar-refractivity contribution in [2.75, 3.05) is 11.8 Å². The van der Waals surface area contributed by atoms with Gasteiger partial charge in [-0.1, -0.05) is 18.2 Å². The molecule has 6 nitrogen and oxygen atoms in total. The van der Waals surface area contributed by atoms with Crippen LogP contribution in [0.4, 0.5) is 5.69 Å². The van der Waals surface area contributed by atoms with Gasteiger partial charge in [-0.3, -0.25) is 4.72 Å². The van der Waals surface area contributed by atoms with Crippen LogP contribution in [0.1, 0.15) is 11.1 Å². The minimum atomic E-state index is -3.72. The van der Waals surface area contributed by atoms with E-state index in [9.17, 15) is 8.42 Å². The van der Waals surface area contributed by atoms with Gasteiger partial charge in [0.2, 0.25) is 0 Å². The normalized spacial score (nSPS) is 11.6. The molecule has 0 bridgehead atoms. The molecule has 0 radical (unpaired) electrons. The number of aryl methyl sites for hydroxylation is 2. The molecule has 2 aromatic heterocycles. The van der Waals surface area contributed by atoms with Crippen molar-refractivity contribution in [2.24, 2.45) is 0 Å². The topological polar surface area (TPSA) is 72.7 Å². The van der Waals surface area contributed by atoms with E-state index in [1.165, 1.54) is 6.07 Å². The monoisotopic (exact) mass is 407 g/mol. The van der Waals surface area contributed by atoms with Gasteiger partial charge in [0.05, 0.1) is 17.7 Å². The van der Waals surface area contributed by atoms with Crippen molar-refractivity contribution >= 4 is 21.4 Å². The zero-order valence-corrected chi connectivity index (χ0v) is 17.2. The molecule has 0 saturated carbocycles. The first kappa shape index (κ1) is 19.0. The Hall–Kier alpha value is -3.32. The fourth-order valence-electron chi connectivity index (χ4n) is 3.27. The predicted molar refractivity (Wildman–Crippen MR) is 114 cm³/mol. The lowest BCUT2D eigenvalue weighted by Crippen LogP contribution is -2.13. The molecular weight excluding hydrogens is 386 g/mol. The minimum Gasteiger partial charge on any atom is -0.496 e. The summed E-state index contributed by atoms with van der Waals surface area (Å²) in [6.45, 7) is 3.82. The van der Waals surface area contributed by atoms with E-state index in [1.54, 1.807) is 31.4 Å². The molecule has 148 valence electrons. The Kier molecular flexibility index (Phi) is 4.76. The molecule has 0 aliphatic heterocycles. The van der Waals surface area contributed by atoms with E-state index >= 15 is 0 Å². The number of sulfonamides is 1. The molecule has 2 aromatic carbocycles. The molecule has 0 amide bonds. The number of anilines is 1. The molecule has 29 heavy (non-hydrogen) atoms. The van der Waals surface area contributed by atoms with Gasteiger partial charge >= 0.3 is 0 Å². The number of benzene rings is 2. The Morgan fingerprint density at radius 3 is 2.55 bits per heavy atom. The Morgan fingerprint density at radius 1 is 1.00 bits per heavy atom. The minimum absolute atomic E-state index is 0.185. The van der Waals surface area contributed by atoms with E-state index in [2.05, 4.69) is 9.71 Å². The number of rotatable bonds is 5. The molecule has 7 heteroatoms. The Labute approximate surface area is 169 Å². The van der Waals surface area contributed by atoms with E-state index in [1.807, 2.05) is 54.9 Å². The third-order valence-electron chi connectivity index (χ3n) is 4.77. The van der Waals surface area contributed by atoms with E-state index in [0.717, 1.165) is 28.0 Å². The number of pyridine rings is 1. The van der Waals surface area contributed by atoms with E-state index < -0.39 is 10.0 Å². The van der Waals surface area contributed by atoms with E-state index in [0.29, 0.717) is 11.4 Å². The maximum atomic E-state index is 12.8. The van der Waals surface area contributed by atoms with Gasteiger partial charge in [0.1, 0.15) is 11.4 Å². The summed E-state index contributed by atoms with van der Waals surface area (Å²) in [7, 11) is -2.17. The summed E-state index contributed by atoms with van der Waals surface area (Å²) in [6, 6.07) is 16.0. The highest BCUT2D eigenvalue weighted by Gasteiger charge is 2.16. The SMILES string of the molecule is COc1ccc(S(=O)(=O)Nc2cccc(-c3cn4cccc(C)c4n3)c2)cc1C. The largest absolute Gasteiger partial charge is 0.496 e. The van der Waals surface area contributed by atoms with Crippen molar-refractivity contribution < 1.29 is 13.2 Å². The summed E-state index contributed by atoms with van der Waals surface area (Å²) in [5, 5.41) is 0. The first-order chi connectivity index (χ1) is 13.9. The molecule has 4 aromatic rings. The van der Waals surface area contributed by atoms with Crippen molar-refractivity contribution in [1.82, 2.24) is 9.38 Å². The fraction of sp³-hybridized carbons (Fsp3) is 0.136. The highest BCUT2D eigenvalue weighted by atomic mass is 32.2. The van der Waals surface area contributed by atoms with Crippen LogP contribution in [0.5, 0.6) is 5.75 Å². The van der Waals surface area contributed by atoms with Gasteiger partial charge in [-0.15, -0.1) is 0 Å². The lowest BCUT2D eigenvalue weighted by atomic mass is 10.1. The molecular formula is C22H21N3O3S. The van der Waals surface area contributed by atoms with Gasteiger partial charge in [0, 0.05) is 23.6 Å². The molecule has 0 aliphatic carbocycles. The summed E-state index contributed by atoms with van der Waals surface area (Å²) < 4.78 is 35.4. The van der Waals surface area contributed by atoms with Crippen LogP contribution >= 0.6 is 0 Å². The molecule has 1 N–H and O–H groups in total. The van der Waals surface area contributed by atoms with Crippen LogP contribution in [-0.2, 0) is 10.0 Å². The van der Waals surface area contributed by atoms with Crippen molar-refractivity contribution in [3.63, 3.8) is 0 Å². The molecule has 0 spiro atoms. The van der Waals surface area contributed by atoms with E-state index in [-0.39, 0.29) is 4.90 Å². The average molecular weight is 407 g/mol. The number of methoxy groups -OCH3 is 1. The van der Waals surface area contributed by atoms with Crippen molar-refractivity contribution in [3.05, 3.63) is 78.1 Å². The van der Waals surface area contributed by atoms with E-state index in [4.69, 9.17) is 4.74 Å². The average Bonchev–Trinajstić information content (AvgIpc) is 3.14. The van der Waals surface area contributed by atoms with Crippen LogP contribution in [0.15, 0.2) is 71.9 Å². The van der Waals surface area contributed by atoms with Gasteiger partial charge in [-0.2, -0.15) is 0 Å². The Bertz CT molecular complexity index is 1310. The second-order valence-electron chi connectivity index (χ2n) is 6.87. The summed E-state index contributed by atoms with van der Waals surface area (Å²) in [5.41, 5.74) is 4.79. The molecule has 0 aliphatic rings. The standard InChI is InChI=1S/C22H21N3O3S/c1-15-6-5-11-25-14-20(23-22(15)25)17-7-4-8-18(13-17)24-29(26,27)19-9-10-21(28-3)16(2)12-19/h4-14,24H,1-3H3. The van der Waals surface area contributed by atoms with Gasteiger partial charge in [-0.05, 0) is 61.4 Å². The number of nitrogens with one attached hydrogen (secondary N) is 1. The zero-order valence-electron chi connectivity index (χ0n) is 16.4. The van der Waals surface area contributed by atoms with Gasteiger partial charge in [0.25, 0.3) is 10.0 Å². The molecule has 4 rings (SSSR count). The van der Waals surface area contributed by atoms with Crippen LogP contribution in [-0.4, -0.2) is 24.9 Å². The van der Waals surface area contributed by atoms with Crippen LogP contribution in [0.25, 0.3) is 16.9 Å². The van der Waals surface area contributed by atoms with Crippen LogP contribution in [0, 0.1) is 13.8 Å². The predicted octanol–water partition coefficient (Wildman–Crippen LogP) is 4.43. The lowest BCUT2D eigenvalue weighted by molar-refractivity contribution is 0.411. The quantitative estimate of drug-likeness (QED) is 0.531. The first-order valence-electron chi connectivity index (χ1n) is 9.09. The summed E-state index contributed by atoms with van der Waals surface area (Å²) in [4.78, 5) is 4.87. The highest BCUT2D eigenvalue weighted by Crippen LogP contribution is 2.26. The van der Waals surface area contributed by atoms with Gasteiger partial charge < -0.3 is 9.14 Å². The third-order valence-corrected chi connectivity index (χ3v) is 6.14. The number of hydrogen-bond donors (Lipinski definition) is 1. The Morgan fingerprint density at radius 2 is 1.83 bits per heavy atom. The smallest absolute Gasteiger partial charge is 0.261 e. The molecule has 2 heterocycles. The number of nitrogens with zero attached hydrogens (tertiary/aromatic N) is 2. The maximum Gasteiger partial charge on any atom is 0.261 e. The van der Waals surface area contributed by atoms with Crippen LogP contribution < -0.4 is 9.46 Å². The van der Waals surface area contributed by atoms with Crippen LogP contribution in [0.3, 0.4) is 0 Å². The fourth-order valence-corrected chi connectivity index (χ4v) is 4.40. The van der Waals surface area contributed by atoms with Crippen molar-refractivity contribution in [3.8, 4) is 17.0 Å². The van der Waals surface area contributed by atoms with Crippen molar-refractivity contribution in [2.45, 2.75) is 18.7 Å². The number of aromatic nitrogens is 2. The molecule has 0 fully saturated rings. The second kappa shape index (κ2) is 7.25. The second-order valence-corrected chi connectivity index (χ2v) is 8.55. The van der Waals surface area contributed by atoms with Crippen molar-refractivity contribution in [1.29, 1.82) is 0 Å². The summed E-state index contributed by atoms with van der Waals surface area (Å²) in [6.07, 6.45) is 3.88. The lowest BCUT2D eigenvalue weighted by Gasteiger charge is -2.11. The number of imidazole rings is 1. The zero-order chi connectivity index (χ0) is 20.6. The number of hydrogen-bond acceptors (Lipinski definition) is 4. The molecule has 0 atom stereocenters. The number of ether oxygens (including phenoxy) is 1. The van der Waals surface area contributed by atoms with Crippen LogP contribution in [0.2, 0.25) is 0 Å². The van der Waals surface area contributed by atoms with Gasteiger partial charge in [0.15, 0.2) is 0 Å². The Balaban J connectivity index is 1.66. The van der Waals surface area contributed by atoms with Gasteiger partial charge in [-0.25, -0.2) is 13.4 Å². The first-order valence-corrected chi connectivity index (χ1v) is 10.6. The summed E-state index contributed by atoms with van der Waals surface area (Å²) in [5.74, 6) is 0.646. The third kappa shape index (κ3) is 3.69. The molecule has 0 unspecified atom stereocenters. The molecule has 0 saturated heterocycles. The summed E-state index contributed by atoms with van der Waals surface area (Å²) >= 11 is 0. The number of fused-ring (bicyclic) bond motifs is 1. The highest BCUT2D eigenvalue weighted by molar-refractivity contribution is 7.92. The maximum absolute atomic E-state index is 12.8.